The molecule has 2 aromatic rings. The number of halogens is 2. The van der Waals surface area contributed by atoms with Crippen molar-refractivity contribution >= 4 is 5.91 Å². The first-order valence-electron chi connectivity index (χ1n) is 11.0. The molecule has 0 radical (unpaired) electrons. The Morgan fingerprint density at radius 3 is 2.42 bits per heavy atom. The lowest BCUT2D eigenvalue weighted by Crippen LogP contribution is -2.62. The van der Waals surface area contributed by atoms with E-state index in [0.717, 1.165) is 32.8 Å². The molecule has 9 heteroatoms. The highest BCUT2D eigenvalue weighted by molar-refractivity contribution is 5.84. The first kappa shape index (κ1) is 25.0. The first-order valence-corrected chi connectivity index (χ1v) is 11.0. The number of morpholine rings is 1. The van der Waals surface area contributed by atoms with Gasteiger partial charge in [0, 0.05) is 32.6 Å². The maximum absolute atomic E-state index is 14.5. The SMILES string of the molecule is NC(O)(CCc1ccc(OCCN2CCOCC2)cc1)C(F)(F)C(=O)NCc1ccccc1. The summed E-state index contributed by atoms with van der Waals surface area (Å²) in [4.78, 5) is 14.3. The number of aryl methyl sites for hydroxylation is 1. The molecule has 0 aromatic heterocycles. The van der Waals surface area contributed by atoms with E-state index in [2.05, 4.69) is 10.2 Å². The van der Waals surface area contributed by atoms with E-state index in [1.165, 1.54) is 0 Å². The van der Waals surface area contributed by atoms with Crippen molar-refractivity contribution in [3.05, 3.63) is 65.7 Å². The van der Waals surface area contributed by atoms with Crippen LogP contribution in [0, 0.1) is 0 Å². The standard InChI is InChI=1S/C24H31F2N3O4/c25-24(26,22(30)28-18-20-4-2-1-3-5-20)23(27,31)11-10-19-6-8-21(9-7-19)33-17-14-29-12-15-32-16-13-29/h1-9,31H,10-18,27H2,(H,28,30). The number of amides is 1. The van der Waals surface area contributed by atoms with Crippen molar-refractivity contribution in [3.8, 4) is 5.75 Å². The van der Waals surface area contributed by atoms with Crippen LogP contribution in [0.3, 0.4) is 0 Å². The summed E-state index contributed by atoms with van der Waals surface area (Å²) in [6.07, 6.45) is -0.418. The summed E-state index contributed by atoms with van der Waals surface area (Å²) in [5, 5.41) is 12.3. The number of carbonyl (C=O) groups excluding carboxylic acids is 1. The van der Waals surface area contributed by atoms with Crippen LogP contribution in [0.2, 0.25) is 0 Å². The van der Waals surface area contributed by atoms with E-state index in [1.54, 1.807) is 54.6 Å². The van der Waals surface area contributed by atoms with Crippen LogP contribution in [-0.4, -0.2) is 67.0 Å². The molecular weight excluding hydrogens is 432 g/mol. The van der Waals surface area contributed by atoms with Crippen molar-refractivity contribution < 1.29 is 28.2 Å². The van der Waals surface area contributed by atoms with Crippen LogP contribution in [0.25, 0.3) is 0 Å². The van der Waals surface area contributed by atoms with Crippen LogP contribution < -0.4 is 15.8 Å². The van der Waals surface area contributed by atoms with Gasteiger partial charge in [-0.15, -0.1) is 0 Å². The number of alkyl halides is 2. The largest absolute Gasteiger partial charge is 0.492 e. The Kier molecular flexibility index (Phi) is 8.74. The molecule has 0 saturated carbocycles. The third-order valence-electron chi connectivity index (χ3n) is 5.62. The molecular formula is C24H31F2N3O4. The minimum Gasteiger partial charge on any atom is -0.492 e. The zero-order chi connectivity index (χ0) is 23.7. The van der Waals surface area contributed by atoms with Crippen molar-refractivity contribution in [2.24, 2.45) is 5.73 Å². The summed E-state index contributed by atoms with van der Waals surface area (Å²) in [6.45, 7) is 4.49. The molecule has 7 nitrogen and oxygen atoms in total. The minimum atomic E-state index is -4.15. The van der Waals surface area contributed by atoms with Gasteiger partial charge >= 0.3 is 5.92 Å². The van der Waals surface area contributed by atoms with Crippen LogP contribution in [0.1, 0.15) is 17.5 Å². The van der Waals surface area contributed by atoms with Gasteiger partial charge in [-0.1, -0.05) is 42.5 Å². The smallest absolute Gasteiger partial charge is 0.365 e. The lowest BCUT2D eigenvalue weighted by Gasteiger charge is -2.31. The monoisotopic (exact) mass is 463 g/mol. The lowest BCUT2D eigenvalue weighted by molar-refractivity contribution is -0.193. The number of nitrogens with zero attached hydrogens (tertiary/aromatic N) is 1. The molecule has 0 spiro atoms. The Balaban J connectivity index is 1.45. The third kappa shape index (κ3) is 7.20. The molecule has 1 unspecified atom stereocenters. The molecule has 1 fully saturated rings. The van der Waals surface area contributed by atoms with Crippen LogP contribution in [0.4, 0.5) is 8.78 Å². The highest BCUT2D eigenvalue weighted by Gasteiger charge is 2.55. The van der Waals surface area contributed by atoms with Gasteiger partial charge in [0.1, 0.15) is 12.4 Å². The Hall–Kier alpha value is -2.59. The van der Waals surface area contributed by atoms with E-state index in [0.29, 0.717) is 23.5 Å². The third-order valence-corrected chi connectivity index (χ3v) is 5.62. The van der Waals surface area contributed by atoms with Gasteiger partial charge in [-0.3, -0.25) is 15.4 Å². The summed E-state index contributed by atoms with van der Waals surface area (Å²) in [5.74, 6) is -5.09. The van der Waals surface area contributed by atoms with Crippen molar-refractivity contribution in [2.75, 3.05) is 39.5 Å². The second-order valence-corrected chi connectivity index (χ2v) is 8.11. The molecule has 33 heavy (non-hydrogen) atoms. The molecule has 1 atom stereocenters. The Bertz CT molecular complexity index is 873. The summed E-state index contributed by atoms with van der Waals surface area (Å²) in [6, 6.07) is 15.6. The average Bonchev–Trinajstić information content (AvgIpc) is 2.83. The van der Waals surface area contributed by atoms with E-state index in [4.69, 9.17) is 15.2 Å². The number of rotatable bonds is 11. The van der Waals surface area contributed by atoms with Gasteiger partial charge in [-0.2, -0.15) is 8.78 Å². The van der Waals surface area contributed by atoms with Crippen LogP contribution in [0.15, 0.2) is 54.6 Å². The van der Waals surface area contributed by atoms with Gasteiger partial charge in [0.15, 0.2) is 5.72 Å². The number of benzene rings is 2. The first-order chi connectivity index (χ1) is 15.8. The molecule has 1 aliphatic heterocycles. The zero-order valence-corrected chi connectivity index (χ0v) is 18.5. The van der Waals surface area contributed by atoms with Crippen LogP contribution in [-0.2, 0) is 22.5 Å². The fourth-order valence-electron chi connectivity index (χ4n) is 3.45. The van der Waals surface area contributed by atoms with E-state index in [1.807, 2.05) is 0 Å². The van der Waals surface area contributed by atoms with Crippen molar-refractivity contribution in [1.29, 1.82) is 0 Å². The molecule has 1 amide bonds. The number of nitrogens with one attached hydrogen (secondary N) is 1. The maximum atomic E-state index is 14.5. The molecule has 1 saturated heterocycles. The van der Waals surface area contributed by atoms with Gasteiger partial charge in [0.2, 0.25) is 0 Å². The number of carbonyl (C=O) groups is 1. The normalized spacial score (nSPS) is 16.7. The molecule has 0 bridgehead atoms. The fraction of sp³-hybridized carbons (Fsp3) is 0.458. The molecule has 1 heterocycles. The van der Waals surface area contributed by atoms with E-state index in [9.17, 15) is 18.7 Å². The highest BCUT2D eigenvalue weighted by atomic mass is 19.3. The lowest BCUT2D eigenvalue weighted by atomic mass is 9.96. The van der Waals surface area contributed by atoms with E-state index >= 15 is 0 Å². The van der Waals surface area contributed by atoms with Gasteiger partial charge in [0.05, 0.1) is 13.2 Å². The van der Waals surface area contributed by atoms with Gasteiger partial charge < -0.3 is 19.9 Å². The average molecular weight is 464 g/mol. The Morgan fingerprint density at radius 2 is 1.76 bits per heavy atom. The van der Waals surface area contributed by atoms with E-state index < -0.39 is 24.0 Å². The topological polar surface area (TPSA) is 97.1 Å². The van der Waals surface area contributed by atoms with Crippen molar-refractivity contribution in [3.63, 3.8) is 0 Å². The van der Waals surface area contributed by atoms with Gasteiger partial charge in [-0.05, 0) is 29.7 Å². The number of nitrogens with two attached hydrogens (primary N) is 1. The fourth-order valence-corrected chi connectivity index (χ4v) is 3.45. The van der Waals surface area contributed by atoms with Crippen molar-refractivity contribution in [2.45, 2.75) is 31.0 Å². The molecule has 3 rings (SSSR count). The Labute approximate surface area is 192 Å². The summed E-state index contributed by atoms with van der Waals surface area (Å²) >= 11 is 0. The van der Waals surface area contributed by atoms with E-state index in [-0.39, 0.29) is 13.0 Å². The van der Waals surface area contributed by atoms with Gasteiger partial charge in [0.25, 0.3) is 5.91 Å². The number of hydrogen-bond donors (Lipinski definition) is 3. The van der Waals surface area contributed by atoms with Gasteiger partial charge in [-0.25, -0.2) is 0 Å². The molecule has 2 aromatic carbocycles. The highest BCUT2D eigenvalue weighted by Crippen LogP contribution is 2.29. The summed E-state index contributed by atoms with van der Waals surface area (Å²) in [7, 11) is 0. The van der Waals surface area contributed by atoms with Crippen LogP contribution in [0.5, 0.6) is 5.75 Å². The summed E-state index contributed by atoms with van der Waals surface area (Å²) in [5.41, 5.74) is 3.86. The predicted molar refractivity (Wildman–Crippen MR) is 120 cm³/mol. The maximum Gasteiger partial charge on any atom is 0.365 e. The Morgan fingerprint density at radius 1 is 1.09 bits per heavy atom. The quantitative estimate of drug-likeness (QED) is 0.441. The van der Waals surface area contributed by atoms with Crippen LogP contribution >= 0.6 is 0 Å². The predicted octanol–water partition coefficient (Wildman–Crippen LogP) is 1.93. The number of aliphatic hydroxyl groups is 1. The van der Waals surface area contributed by atoms with Crippen molar-refractivity contribution in [1.82, 2.24) is 10.2 Å². The summed E-state index contributed by atoms with van der Waals surface area (Å²) < 4.78 is 40.1. The second-order valence-electron chi connectivity index (χ2n) is 8.11. The second kappa shape index (κ2) is 11.5. The number of ether oxygens (including phenoxy) is 2. The zero-order valence-electron chi connectivity index (χ0n) is 18.5. The minimum absolute atomic E-state index is 0.0720. The molecule has 0 aliphatic carbocycles. The number of hydrogen-bond acceptors (Lipinski definition) is 6. The molecule has 4 N–H and O–H groups in total. The molecule has 1 aliphatic rings. The molecule has 180 valence electrons.